The Bertz CT molecular complexity index is 964. The highest BCUT2D eigenvalue weighted by atomic mass is 79.9. The van der Waals surface area contributed by atoms with Crippen molar-refractivity contribution in [1.29, 1.82) is 0 Å². The molecule has 2 N–H and O–H groups in total. The van der Waals surface area contributed by atoms with Crippen molar-refractivity contribution >= 4 is 50.7 Å². The summed E-state index contributed by atoms with van der Waals surface area (Å²) in [6.45, 7) is 0. The number of halogens is 2. The molecular formula is C19H13BrClN3O2. The van der Waals surface area contributed by atoms with Crippen LogP contribution in [0.3, 0.4) is 0 Å². The lowest BCUT2D eigenvalue weighted by atomic mass is 10.1. The van der Waals surface area contributed by atoms with Gasteiger partial charge in [0.2, 0.25) is 0 Å². The molecule has 0 fully saturated rings. The molecule has 7 heteroatoms. The fraction of sp³-hybridized carbons (Fsp3) is 0. The number of anilines is 2. The van der Waals surface area contributed by atoms with Crippen LogP contribution in [-0.4, -0.2) is 16.8 Å². The Kier molecular flexibility index (Phi) is 5.65. The number of pyridine rings is 1. The standard InChI is InChI=1S/C19H13BrClN3O2/c20-13-4-1-3-12(9-13)18(25)23-14-6-7-17(21)16(10-14)19(26)24-15-5-2-8-22-11-15/h1-11H,(H,23,25)(H,24,26). The number of benzene rings is 2. The van der Waals surface area contributed by atoms with Crippen molar-refractivity contribution in [1.82, 2.24) is 4.98 Å². The minimum Gasteiger partial charge on any atom is -0.322 e. The van der Waals surface area contributed by atoms with Gasteiger partial charge in [0.25, 0.3) is 11.8 Å². The lowest BCUT2D eigenvalue weighted by molar-refractivity contribution is 0.101. The number of carbonyl (C=O) groups is 2. The third-order valence-corrected chi connectivity index (χ3v) is 4.30. The van der Waals surface area contributed by atoms with Gasteiger partial charge in [0, 0.05) is 21.9 Å². The minimum absolute atomic E-state index is 0.252. The number of amides is 2. The first kappa shape index (κ1) is 18.1. The quantitative estimate of drug-likeness (QED) is 0.612. The van der Waals surface area contributed by atoms with Gasteiger partial charge in [0.05, 0.1) is 22.5 Å². The molecule has 0 unspecified atom stereocenters. The first-order chi connectivity index (χ1) is 12.5. The Morgan fingerprint density at radius 3 is 2.46 bits per heavy atom. The maximum atomic E-state index is 12.4. The Balaban J connectivity index is 1.79. The number of aromatic nitrogens is 1. The fourth-order valence-corrected chi connectivity index (χ4v) is 2.85. The van der Waals surface area contributed by atoms with E-state index in [-0.39, 0.29) is 22.4 Å². The van der Waals surface area contributed by atoms with Crippen LogP contribution in [0.15, 0.2) is 71.5 Å². The molecule has 0 aliphatic carbocycles. The zero-order valence-corrected chi connectivity index (χ0v) is 15.7. The van der Waals surface area contributed by atoms with Gasteiger partial charge in [-0.15, -0.1) is 0 Å². The van der Waals surface area contributed by atoms with Gasteiger partial charge in [-0.05, 0) is 48.5 Å². The summed E-state index contributed by atoms with van der Waals surface area (Å²) in [4.78, 5) is 28.7. The highest BCUT2D eigenvalue weighted by molar-refractivity contribution is 9.10. The predicted molar refractivity (Wildman–Crippen MR) is 106 cm³/mol. The lowest BCUT2D eigenvalue weighted by Crippen LogP contribution is -2.15. The molecule has 0 spiro atoms. The molecule has 0 aliphatic rings. The Hall–Kier alpha value is -2.70. The van der Waals surface area contributed by atoms with Crippen LogP contribution in [0.4, 0.5) is 11.4 Å². The van der Waals surface area contributed by atoms with Crippen molar-refractivity contribution in [3.8, 4) is 0 Å². The monoisotopic (exact) mass is 429 g/mol. The van der Waals surface area contributed by atoms with Crippen LogP contribution in [0.1, 0.15) is 20.7 Å². The van der Waals surface area contributed by atoms with E-state index in [1.165, 1.54) is 12.3 Å². The van der Waals surface area contributed by atoms with E-state index in [1.807, 2.05) is 6.07 Å². The van der Waals surface area contributed by atoms with Gasteiger partial charge < -0.3 is 10.6 Å². The second-order valence-corrected chi connectivity index (χ2v) is 6.68. The molecule has 2 aromatic carbocycles. The highest BCUT2D eigenvalue weighted by Crippen LogP contribution is 2.23. The van der Waals surface area contributed by atoms with Crippen LogP contribution in [-0.2, 0) is 0 Å². The van der Waals surface area contributed by atoms with E-state index < -0.39 is 0 Å². The summed E-state index contributed by atoms with van der Waals surface area (Å²) < 4.78 is 0.804. The first-order valence-corrected chi connectivity index (χ1v) is 8.78. The van der Waals surface area contributed by atoms with Gasteiger partial charge in [-0.1, -0.05) is 33.6 Å². The summed E-state index contributed by atoms with van der Waals surface area (Å²) >= 11 is 9.47. The summed E-state index contributed by atoms with van der Waals surface area (Å²) in [5, 5.41) is 5.76. The molecule has 130 valence electrons. The van der Waals surface area contributed by atoms with Crippen LogP contribution in [0.25, 0.3) is 0 Å². The molecule has 0 aliphatic heterocycles. The Morgan fingerprint density at radius 1 is 0.923 bits per heavy atom. The second kappa shape index (κ2) is 8.12. The van der Waals surface area contributed by atoms with Gasteiger partial charge in [-0.3, -0.25) is 14.6 Å². The number of hydrogen-bond acceptors (Lipinski definition) is 3. The van der Waals surface area contributed by atoms with E-state index in [1.54, 1.807) is 48.7 Å². The Labute approximate surface area is 163 Å². The van der Waals surface area contributed by atoms with E-state index in [4.69, 9.17) is 11.6 Å². The van der Waals surface area contributed by atoms with Crippen LogP contribution in [0, 0.1) is 0 Å². The maximum absolute atomic E-state index is 12.4. The van der Waals surface area contributed by atoms with Gasteiger partial charge in [0.15, 0.2) is 0 Å². The van der Waals surface area contributed by atoms with Crippen molar-refractivity contribution < 1.29 is 9.59 Å². The van der Waals surface area contributed by atoms with E-state index in [9.17, 15) is 9.59 Å². The zero-order chi connectivity index (χ0) is 18.5. The largest absolute Gasteiger partial charge is 0.322 e. The molecule has 3 rings (SSSR count). The summed E-state index contributed by atoms with van der Waals surface area (Å²) in [7, 11) is 0. The summed E-state index contributed by atoms with van der Waals surface area (Å²) in [5.41, 5.74) is 1.77. The van der Waals surface area contributed by atoms with Crippen molar-refractivity contribution in [2.75, 3.05) is 10.6 Å². The summed E-state index contributed by atoms with van der Waals surface area (Å²) in [5.74, 6) is -0.672. The average molecular weight is 431 g/mol. The molecule has 1 heterocycles. The SMILES string of the molecule is O=C(Nc1ccc(Cl)c(C(=O)Nc2cccnc2)c1)c1cccc(Br)c1. The van der Waals surface area contributed by atoms with Crippen molar-refractivity contribution in [2.45, 2.75) is 0 Å². The molecule has 0 saturated carbocycles. The van der Waals surface area contributed by atoms with Crippen LogP contribution < -0.4 is 10.6 Å². The molecule has 0 bridgehead atoms. The number of nitrogens with one attached hydrogen (secondary N) is 2. The van der Waals surface area contributed by atoms with Crippen LogP contribution in [0.2, 0.25) is 5.02 Å². The number of rotatable bonds is 4. The average Bonchev–Trinajstić information content (AvgIpc) is 2.64. The molecule has 3 aromatic rings. The number of carbonyl (C=O) groups excluding carboxylic acids is 2. The third kappa shape index (κ3) is 4.47. The minimum atomic E-state index is -0.387. The van der Waals surface area contributed by atoms with Gasteiger partial charge in [0.1, 0.15) is 0 Å². The normalized spacial score (nSPS) is 10.2. The fourth-order valence-electron chi connectivity index (χ4n) is 2.25. The van der Waals surface area contributed by atoms with Gasteiger partial charge in [-0.25, -0.2) is 0 Å². The molecule has 2 amide bonds. The van der Waals surface area contributed by atoms with Crippen molar-refractivity contribution in [3.05, 3.63) is 87.6 Å². The van der Waals surface area contributed by atoms with E-state index in [0.29, 0.717) is 16.9 Å². The van der Waals surface area contributed by atoms with E-state index in [0.717, 1.165) is 4.47 Å². The first-order valence-electron chi connectivity index (χ1n) is 7.61. The van der Waals surface area contributed by atoms with Crippen LogP contribution in [0.5, 0.6) is 0 Å². The second-order valence-electron chi connectivity index (χ2n) is 5.35. The molecule has 0 atom stereocenters. The summed E-state index contributed by atoms with van der Waals surface area (Å²) in [6, 6.07) is 15.2. The lowest BCUT2D eigenvalue weighted by Gasteiger charge is -2.10. The van der Waals surface area contributed by atoms with Crippen molar-refractivity contribution in [3.63, 3.8) is 0 Å². The molecule has 0 saturated heterocycles. The topological polar surface area (TPSA) is 71.1 Å². The summed E-state index contributed by atoms with van der Waals surface area (Å²) in [6.07, 6.45) is 3.14. The van der Waals surface area contributed by atoms with E-state index in [2.05, 4.69) is 31.5 Å². The predicted octanol–water partition coefficient (Wildman–Crippen LogP) is 5.00. The smallest absolute Gasteiger partial charge is 0.257 e. The third-order valence-electron chi connectivity index (χ3n) is 3.48. The maximum Gasteiger partial charge on any atom is 0.257 e. The molecule has 0 radical (unpaired) electrons. The number of hydrogen-bond donors (Lipinski definition) is 2. The van der Waals surface area contributed by atoms with Crippen molar-refractivity contribution in [2.24, 2.45) is 0 Å². The van der Waals surface area contributed by atoms with E-state index >= 15 is 0 Å². The Morgan fingerprint density at radius 2 is 1.73 bits per heavy atom. The zero-order valence-electron chi connectivity index (χ0n) is 13.4. The molecule has 26 heavy (non-hydrogen) atoms. The van der Waals surface area contributed by atoms with Crippen LogP contribution >= 0.6 is 27.5 Å². The number of nitrogens with zero attached hydrogens (tertiary/aromatic N) is 1. The van der Waals surface area contributed by atoms with Gasteiger partial charge >= 0.3 is 0 Å². The van der Waals surface area contributed by atoms with Gasteiger partial charge in [-0.2, -0.15) is 0 Å². The highest BCUT2D eigenvalue weighted by Gasteiger charge is 2.13. The molecule has 5 nitrogen and oxygen atoms in total. The molecular weight excluding hydrogens is 418 g/mol. The molecule has 1 aromatic heterocycles.